The second kappa shape index (κ2) is 11.4. The van der Waals surface area contributed by atoms with Gasteiger partial charge < -0.3 is 13.9 Å². The molecule has 14 heteroatoms. The largest absolute Gasteiger partial charge is 0.490 e. The molecule has 2 N–H and O–H groups in total. The summed E-state index contributed by atoms with van der Waals surface area (Å²) in [6.45, 7) is -2.21. The molecule has 0 aliphatic rings. The van der Waals surface area contributed by atoms with Gasteiger partial charge in [-0.1, -0.05) is 36.4 Å². The van der Waals surface area contributed by atoms with Crippen LogP contribution in [0.25, 0.3) is 22.3 Å². The Hall–Kier alpha value is -3.72. The van der Waals surface area contributed by atoms with Crippen LogP contribution in [0.1, 0.15) is 10.4 Å². The third-order valence-corrected chi connectivity index (χ3v) is 8.32. The number of nitrogens with two attached hydrogens (primary N) is 1. The van der Waals surface area contributed by atoms with Crippen molar-refractivity contribution in [2.24, 2.45) is 5.14 Å². The molecular weight excluding hydrogens is 575 g/mol. The zero-order valence-corrected chi connectivity index (χ0v) is 22.2. The number of hydrogen-bond donors (Lipinski definition) is 1. The first-order valence-electron chi connectivity index (χ1n) is 11.5. The number of fused-ring (bicyclic) bond motifs is 1. The maximum atomic E-state index is 13.0. The van der Waals surface area contributed by atoms with Gasteiger partial charge in [0.15, 0.2) is 15.6 Å². The highest BCUT2D eigenvalue weighted by atomic mass is 32.2. The summed E-state index contributed by atoms with van der Waals surface area (Å²) in [6, 6.07) is 17.4. The lowest BCUT2D eigenvalue weighted by Crippen LogP contribution is -2.21. The summed E-state index contributed by atoms with van der Waals surface area (Å²) in [6.07, 6.45) is -4.51. The minimum Gasteiger partial charge on any atom is -0.490 e. The average molecular weight is 598 g/mol. The summed E-state index contributed by atoms with van der Waals surface area (Å²) in [5.74, 6) is -1.61. The third-order valence-electron chi connectivity index (χ3n) is 5.56. The predicted octanol–water partition coefficient (Wildman–Crippen LogP) is 4.36. The fourth-order valence-corrected chi connectivity index (χ4v) is 6.48. The number of carbonyl (C=O) groups is 1. The highest BCUT2D eigenvalue weighted by Gasteiger charge is 2.28. The SMILES string of the molecule is NS(=O)(=O)c1ccccc1S(=O)(=O)CC(=O)c1ccc(-c2cc3ccccc3o2)c(OCCOCC(F)(F)F)c1. The van der Waals surface area contributed by atoms with E-state index in [0.717, 1.165) is 17.5 Å². The molecule has 0 saturated heterocycles. The van der Waals surface area contributed by atoms with E-state index in [-0.39, 0.29) is 17.9 Å². The Balaban J connectivity index is 1.63. The van der Waals surface area contributed by atoms with Gasteiger partial charge in [0.1, 0.15) is 41.0 Å². The summed E-state index contributed by atoms with van der Waals surface area (Å²) in [5.41, 5.74) is 0.797. The molecule has 0 bridgehead atoms. The van der Waals surface area contributed by atoms with Crippen molar-refractivity contribution in [3.8, 4) is 17.1 Å². The maximum Gasteiger partial charge on any atom is 0.411 e. The van der Waals surface area contributed by atoms with Crippen molar-refractivity contribution in [1.29, 1.82) is 0 Å². The molecular formula is C26H22F3NO8S2. The van der Waals surface area contributed by atoms with Crippen LogP contribution in [-0.4, -0.2) is 54.4 Å². The molecule has 212 valence electrons. The molecule has 0 saturated carbocycles. The van der Waals surface area contributed by atoms with Crippen molar-refractivity contribution < 1.29 is 48.7 Å². The minimum atomic E-state index is -4.51. The molecule has 0 radical (unpaired) electrons. The standard InChI is InChI=1S/C26H22F3NO8S2/c27-26(28,29)16-36-11-12-37-22-13-17(9-10-19(22)23-14-18-5-1-2-6-21(18)38-23)20(31)15-39(32,33)24-7-3-4-8-25(24)40(30,34)35/h1-10,13-14H,11-12,15-16H2,(H2,30,34,35). The topological polar surface area (TPSA) is 143 Å². The quantitative estimate of drug-likeness (QED) is 0.199. The van der Waals surface area contributed by atoms with Crippen molar-refractivity contribution >= 4 is 36.6 Å². The van der Waals surface area contributed by atoms with Crippen molar-refractivity contribution in [2.75, 3.05) is 25.6 Å². The van der Waals surface area contributed by atoms with Crippen LogP contribution in [-0.2, 0) is 24.6 Å². The van der Waals surface area contributed by atoms with E-state index in [1.165, 1.54) is 30.3 Å². The number of primary sulfonamides is 1. The van der Waals surface area contributed by atoms with Gasteiger partial charge in [-0.3, -0.25) is 4.79 Å². The first-order valence-corrected chi connectivity index (χ1v) is 14.7. The van der Waals surface area contributed by atoms with E-state index >= 15 is 0 Å². The lowest BCUT2D eigenvalue weighted by Gasteiger charge is -2.13. The molecule has 9 nitrogen and oxygen atoms in total. The van der Waals surface area contributed by atoms with Gasteiger partial charge in [-0.2, -0.15) is 13.2 Å². The van der Waals surface area contributed by atoms with E-state index in [9.17, 15) is 34.8 Å². The monoisotopic (exact) mass is 597 g/mol. The maximum absolute atomic E-state index is 13.0. The molecule has 1 heterocycles. The number of sulfone groups is 1. The number of alkyl halides is 3. The summed E-state index contributed by atoms with van der Waals surface area (Å²) in [4.78, 5) is 11.8. The van der Waals surface area contributed by atoms with Crippen LogP contribution in [0.5, 0.6) is 5.75 Å². The molecule has 3 aromatic carbocycles. The molecule has 40 heavy (non-hydrogen) atoms. The smallest absolute Gasteiger partial charge is 0.411 e. The van der Waals surface area contributed by atoms with E-state index in [1.807, 2.05) is 0 Å². The van der Waals surface area contributed by atoms with Gasteiger partial charge in [0.2, 0.25) is 10.0 Å². The molecule has 0 spiro atoms. The molecule has 0 aliphatic carbocycles. The molecule has 4 rings (SSSR count). The number of Topliss-reactive ketones (excluding diaryl/α,β-unsaturated/α-hetero) is 1. The van der Waals surface area contributed by atoms with Gasteiger partial charge in [-0.05, 0) is 36.4 Å². The van der Waals surface area contributed by atoms with Gasteiger partial charge in [0.05, 0.1) is 17.1 Å². The Kier molecular flexibility index (Phi) is 8.35. The number of ketones is 1. The number of ether oxygens (including phenoxy) is 2. The van der Waals surface area contributed by atoms with E-state index in [4.69, 9.17) is 14.3 Å². The van der Waals surface area contributed by atoms with Crippen LogP contribution in [0.15, 0.2) is 87.0 Å². The van der Waals surface area contributed by atoms with Gasteiger partial charge in [0.25, 0.3) is 0 Å². The zero-order chi connectivity index (χ0) is 29.1. The zero-order valence-electron chi connectivity index (χ0n) is 20.6. The number of sulfonamides is 1. The lowest BCUT2D eigenvalue weighted by atomic mass is 10.1. The Morgan fingerprint density at radius 1 is 0.875 bits per heavy atom. The number of hydrogen-bond acceptors (Lipinski definition) is 8. The van der Waals surface area contributed by atoms with E-state index < -0.39 is 60.6 Å². The van der Waals surface area contributed by atoms with Crippen LogP contribution in [0, 0.1) is 0 Å². The molecule has 0 unspecified atom stereocenters. The van der Waals surface area contributed by atoms with E-state index in [2.05, 4.69) is 4.74 Å². The first-order chi connectivity index (χ1) is 18.7. The summed E-state index contributed by atoms with van der Waals surface area (Å²) in [7, 11) is -8.85. The number of rotatable bonds is 11. The summed E-state index contributed by atoms with van der Waals surface area (Å²) >= 11 is 0. The Morgan fingerprint density at radius 2 is 1.55 bits per heavy atom. The van der Waals surface area contributed by atoms with Crippen LogP contribution < -0.4 is 9.88 Å². The van der Waals surface area contributed by atoms with Crippen molar-refractivity contribution in [1.82, 2.24) is 0 Å². The van der Waals surface area contributed by atoms with Gasteiger partial charge in [0, 0.05) is 10.9 Å². The van der Waals surface area contributed by atoms with Crippen LogP contribution in [0.3, 0.4) is 0 Å². The predicted molar refractivity (Wildman–Crippen MR) is 138 cm³/mol. The number of benzene rings is 3. The van der Waals surface area contributed by atoms with Gasteiger partial charge in [-0.25, -0.2) is 22.0 Å². The fraction of sp³-hybridized carbons (Fsp3) is 0.192. The highest BCUT2D eigenvalue weighted by molar-refractivity contribution is 7.94. The Morgan fingerprint density at radius 3 is 2.23 bits per heavy atom. The molecule has 1 aromatic heterocycles. The summed E-state index contributed by atoms with van der Waals surface area (Å²) in [5, 5.41) is 5.89. The van der Waals surface area contributed by atoms with Crippen LogP contribution >= 0.6 is 0 Å². The Labute approximate surface area is 227 Å². The molecule has 0 fully saturated rings. The van der Waals surface area contributed by atoms with Gasteiger partial charge >= 0.3 is 6.18 Å². The molecule has 4 aromatic rings. The van der Waals surface area contributed by atoms with E-state index in [0.29, 0.717) is 16.9 Å². The second-order valence-corrected chi connectivity index (χ2v) is 12.0. The van der Waals surface area contributed by atoms with Crippen molar-refractivity contribution in [3.05, 3.63) is 78.4 Å². The number of para-hydroxylation sites is 1. The van der Waals surface area contributed by atoms with E-state index in [1.54, 1.807) is 30.3 Å². The highest BCUT2D eigenvalue weighted by Crippen LogP contribution is 2.35. The van der Waals surface area contributed by atoms with Crippen LogP contribution in [0.4, 0.5) is 13.2 Å². The van der Waals surface area contributed by atoms with Gasteiger partial charge in [-0.15, -0.1) is 0 Å². The van der Waals surface area contributed by atoms with Crippen molar-refractivity contribution in [3.63, 3.8) is 0 Å². The number of halogens is 3. The number of carbonyl (C=O) groups excluding carboxylic acids is 1. The molecule has 0 atom stereocenters. The van der Waals surface area contributed by atoms with Crippen LogP contribution in [0.2, 0.25) is 0 Å². The lowest BCUT2D eigenvalue weighted by molar-refractivity contribution is -0.175. The molecule has 0 aliphatic heterocycles. The normalized spacial score (nSPS) is 12.5. The minimum absolute atomic E-state index is 0.0304. The Bertz CT molecular complexity index is 1730. The summed E-state index contributed by atoms with van der Waals surface area (Å²) < 4.78 is 103. The fourth-order valence-electron chi connectivity index (χ4n) is 3.81. The third kappa shape index (κ3) is 7.07. The average Bonchev–Trinajstić information content (AvgIpc) is 3.31. The number of furan rings is 1. The second-order valence-electron chi connectivity index (χ2n) is 8.55. The van der Waals surface area contributed by atoms with Crippen molar-refractivity contribution in [2.45, 2.75) is 16.0 Å². The molecule has 0 amide bonds. The first kappa shape index (κ1) is 29.3.